The first-order chi connectivity index (χ1) is 9.24. The van der Waals surface area contributed by atoms with Crippen LogP contribution in [0.5, 0.6) is 11.5 Å². The van der Waals surface area contributed by atoms with Crippen LogP contribution in [0.25, 0.3) is 11.4 Å². The van der Waals surface area contributed by atoms with Gasteiger partial charge in [0.05, 0.1) is 12.2 Å². The number of hydrogen-bond donors (Lipinski definition) is 1. The molecule has 1 aromatic carbocycles. The fourth-order valence-corrected chi connectivity index (χ4v) is 1.72. The number of phenols is 1. The number of unbranched alkanes of at least 4 members (excludes halogenated alkanes) is 1. The van der Waals surface area contributed by atoms with Crippen LogP contribution in [-0.2, 0) is 0 Å². The molecule has 0 fully saturated rings. The predicted molar refractivity (Wildman–Crippen MR) is 72.1 cm³/mol. The van der Waals surface area contributed by atoms with E-state index in [9.17, 15) is 5.11 Å². The van der Waals surface area contributed by atoms with Crippen molar-refractivity contribution in [1.29, 1.82) is 0 Å². The molecule has 1 N–H and O–H groups in total. The molecule has 19 heavy (non-hydrogen) atoms. The summed E-state index contributed by atoms with van der Waals surface area (Å²) in [5.74, 6) is 1.31. The van der Waals surface area contributed by atoms with Crippen molar-refractivity contribution < 1.29 is 9.84 Å². The van der Waals surface area contributed by atoms with E-state index in [1.807, 2.05) is 13.0 Å². The summed E-state index contributed by atoms with van der Waals surface area (Å²) in [6.45, 7) is 4.58. The second kappa shape index (κ2) is 6.13. The number of aromatic nitrogens is 3. The van der Waals surface area contributed by atoms with Crippen molar-refractivity contribution in [2.24, 2.45) is 0 Å². The highest BCUT2D eigenvalue weighted by Crippen LogP contribution is 2.35. The molecule has 0 saturated carbocycles. The third kappa shape index (κ3) is 2.99. The van der Waals surface area contributed by atoms with Gasteiger partial charge in [0, 0.05) is 5.56 Å². The molecule has 0 bridgehead atoms. The molecule has 0 aliphatic carbocycles. The molecule has 0 spiro atoms. The standard InChI is InChI=1S/C14H17N3O2/c1-3-4-7-19-12-6-5-11(13(18)10(12)2)14-16-8-15-9-17-14/h5-6,8-9,18H,3-4,7H2,1-2H3. The molecule has 2 aromatic rings. The summed E-state index contributed by atoms with van der Waals surface area (Å²) >= 11 is 0. The number of hydrogen-bond acceptors (Lipinski definition) is 5. The number of phenolic OH excluding ortho intramolecular Hbond substituents is 1. The molecule has 0 radical (unpaired) electrons. The largest absolute Gasteiger partial charge is 0.507 e. The maximum atomic E-state index is 10.2. The Kier molecular flexibility index (Phi) is 4.28. The molecule has 0 amide bonds. The number of aromatic hydroxyl groups is 1. The Bertz CT molecular complexity index is 544. The summed E-state index contributed by atoms with van der Waals surface area (Å²) in [6, 6.07) is 3.60. The van der Waals surface area contributed by atoms with E-state index in [0.717, 1.165) is 12.8 Å². The van der Waals surface area contributed by atoms with E-state index in [4.69, 9.17) is 4.74 Å². The van der Waals surface area contributed by atoms with E-state index in [1.165, 1.54) is 12.7 Å². The van der Waals surface area contributed by atoms with Crippen molar-refractivity contribution in [3.8, 4) is 22.9 Å². The maximum absolute atomic E-state index is 10.2. The van der Waals surface area contributed by atoms with Crippen LogP contribution in [0.3, 0.4) is 0 Å². The average Bonchev–Trinajstić information content (AvgIpc) is 2.45. The summed E-state index contributed by atoms with van der Waals surface area (Å²) < 4.78 is 5.64. The Morgan fingerprint density at radius 2 is 1.95 bits per heavy atom. The van der Waals surface area contributed by atoms with E-state index in [2.05, 4.69) is 21.9 Å². The lowest BCUT2D eigenvalue weighted by molar-refractivity contribution is 0.305. The van der Waals surface area contributed by atoms with Crippen LogP contribution in [0.4, 0.5) is 0 Å². The van der Waals surface area contributed by atoms with Crippen LogP contribution in [0.2, 0.25) is 0 Å². The molecular weight excluding hydrogens is 242 g/mol. The van der Waals surface area contributed by atoms with Gasteiger partial charge in [-0.2, -0.15) is 0 Å². The van der Waals surface area contributed by atoms with Crippen LogP contribution in [0.15, 0.2) is 24.8 Å². The van der Waals surface area contributed by atoms with Crippen molar-refractivity contribution in [1.82, 2.24) is 15.0 Å². The lowest BCUT2D eigenvalue weighted by Crippen LogP contribution is -1.99. The minimum atomic E-state index is 0.153. The lowest BCUT2D eigenvalue weighted by Gasteiger charge is -2.12. The fourth-order valence-electron chi connectivity index (χ4n) is 1.72. The van der Waals surface area contributed by atoms with Gasteiger partial charge >= 0.3 is 0 Å². The molecule has 5 heteroatoms. The van der Waals surface area contributed by atoms with Crippen LogP contribution in [0.1, 0.15) is 25.3 Å². The average molecular weight is 259 g/mol. The Hall–Kier alpha value is -2.17. The molecule has 1 heterocycles. The van der Waals surface area contributed by atoms with Gasteiger partial charge in [-0.1, -0.05) is 13.3 Å². The van der Waals surface area contributed by atoms with Crippen LogP contribution < -0.4 is 4.74 Å². The van der Waals surface area contributed by atoms with Gasteiger partial charge in [-0.05, 0) is 25.5 Å². The normalized spacial score (nSPS) is 10.4. The van der Waals surface area contributed by atoms with Gasteiger partial charge in [0.15, 0.2) is 5.82 Å². The van der Waals surface area contributed by atoms with Gasteiger partial charge in [-0.15, -0.1) is 0 Å². The molecule has 0 unspecified atom stereocenters. The second-order valence-corrected chi connectivity index (χ2v) is 4.25. The first kappa shape index (κ1) is 13.3. The van der Waals surface area contributed by atoms with Crippen molar-refractivity contribution >= 4 is 0 Å². The zero-order chi connectivity index (χ0) is 13.7. The first-order valence-corrected chi connectivity index (χ1v) is 6.31. The van der Waals surface area contributed by atoms with Crippen molar-refractivity contribution in [3.63, 3.8) is 0 Å². The monoisotopic (exact) mass is 259 g/mol. The Labute approximate surface area is 112 Å². The van der Waals surface area contributed by atoms with Gasteiger partial charge in [-0.25, -0.2) is 15.0 Å². The molecule has 0 atom stereocenters. The zero-order valence-corrected chi connectivity index (χ0v) is 11.1. The molecule has 0 saturated heterocycles. The van der Waals surface area contributed by atoms with E-state index in [1.54, 1.807) is 6.07 Å². The van der Waals surface area contributed by atoms with Crippen molar-refractivity contribution in [2.45, 2.75) is 26.7 Å². The summed E-state index contributed by atoms with van der Waals surface area (Å²) in [5, 5.41) is 10.2. The van der Waals surface area contributed by atoms with Crippen molar-refractivity contribution in [2.75, 3.05) is 6.61 Å². The van der Waals surface area contributed by atoms with Crippen LogP contribution in [-0.4, -0.2) is 26.7 Å². The van der Waals surface area contributed by atoms with Crippen molar-refractivity contribution in [3.05, 3.63) is 30.4 Å². The Morgan fingerprint density at radius 3 is 2.63 bits per heavy atom. The molecule has 1 aromatic heterocycles. The minimum Gasteiger partial charge on any atom is -0.507 e. The number of benzene rings is 1. The number of rotatable bonds is 5. The van der Waals surface area contributed by atoms with Gasteiger partial charge in [0.25, 0.3) is 0 Å². The number of ether oxygens (including phenoxy) is 1. The second-order valence-electron chi connectivity index (χ2n) is 4.25. The predicted octanol–water partition coefficient (Wildman–Crippen LogP) is 2.73. The Morgan fingerprint density at radius 1 is 1.21 bits per heavy atom. The Balaban J connectivity index is 2.27. The first-order valence-electron chi connectivity index (χ1n) is 6.31. The molecule has 0 aliphatic rings. The third-order valence-corrected chi connectivity index (χ3v) is 2.87. The maximum Gasteiger partial charge on any atom is 0.166 e. The quantitative estimate of drug-likeness (QED) is 0.836. The van der Waals surface area contributed by atoms with Crippen LogP contribution >= 0.6 is 0 Å². The summed E-state index contributed by atoms with van der Waals surface area (Å²) in [5.41, 5.74) is 1.29. The van der Waals surface area contributed by atoms with Gasteiger partial charge in [0.2, 0.25) is 0 Å². The number of nitrogens with zero attached hydrogens (tertiary/aromatic N) is 3. The zero-order valence-electron chi connectivity index (χ0n) is 11.1. The molecule has 5 nitrogen and oxygen atoms in total. The smallest absolute Gasteiger partial charge is 0.166 e. The van der Waals surface area contributed by atoms with E-state index >= 15 is 0 Å². The molecule has 0 aliphatic heterocycles. The van der Waals surface area contributed by atoms with Gasteiger partial charge in [0.1, 0.15) is 24.2 Å². The third-order valence-electron chi connectivity index (χ3n) is 2.87. The highest BCUT2D eigenvalue weighted by Gasteiger charge is 2.13. The van der Waals surface area contributed by atoms with Crippen LogP contribution in [0, 0.1) is 6.92 Å². The summed E-state index contributed by atoms with van der Waals surface area (Å²) in [6.07, 6.45) is 4.88. The van der Waals surface area contributed by atoms with E-state index < -0.39 is 0 Å². The summed E-state index contributed by atoms with van der Waals surface area (Å²) in [7, 11) is 0. The topological polar surface area (TPSA) is 68.1 Å². The van der Waals surface area contributed by atoms with E-state index in [-0.39, 0.29) is 5.75 Å². The van der Waals surface area contributed by atoms with Gasteiger partial charge < -0.3 is 9.84 Å². The molecule has 100 valence electrons. The summed E-state index contributed by atoms with van der Waals surface area (Å²) in [4.78, 5) is 11.8. The SMILES string of the molecule is CCCCOc1ccc(-c2ncncn2)c(O)c1C. The van der Waals surface area contributed by atoms with Gasteiger partial charge in [-0.3, -0.25) is 0 Å². The lowest BCUT2D eigenvalue weighted by atomic mass is 10.1. The highest BCUT2D eigenvalue weighted by atomic mass is 16.5. The molecule has 2 rings (SSSR count). The minimum absolute atomic E-state index is 0.153. The van der Waals surface area contributed by atoms with E-state index in [0.29, 0.717) is 29.3 Å². The fraction of sp³-hybridized carbons (Fsp3) is 0.357. The highest BCUT2D eigenvalue weighted by molar-refractivity contribution is 5.68. The molecular formula is C14H17N3O2.